The average molecular weight is 179 g/mol. The second kappa shape index (κ2) is 4.23. The fourth-order valence-corrected chi connectivity index (χ4v) is 0.948. The Morgan fingerprint density at radius 2 is 2.08 bits per heavy atom. The van der Waals surface area contributed by atoms with Gasteiger partial charge >= 0.3 is 0 Å². The zero-order valence-electron chi connectivity index (χ0n) is 6.88. The summed E-state index contributed by atoms with van der Waals surface area (Å²) in [4.78, 5) is 2.60. The van der Waals surface area contributed by atoms with Gasteiger partial charge in [-0.2, -0.15) is 0 Å². The minimum absolute atomic E-state index is 0.146. The lowest BCUT2D eigenvalue weighted by Gasteiger charge is -2.00. The first kappa shape index (κ1) is 9.22. The molecule has 0 spiro atoms. The van der Waals surface area contributed by atoms with E-state index in [9.17, 15) is 0 Å². The number of azide groups is 1. The molecule has 5 nitrogen and oxygen atoms in total. The molecule has 0 radical (unpaired) electrons. The van der Waals surface area contributed by atoms with Crippen LogP contribution >= 0.6 is 0 Å². The molecule has 1 aromatic carbocycles. The molecule has 1 aromatic rings. The van der Waals surface area contributed by atoms with Crippen LogP contribution in [0.3, 0.4) is 0 Å². The van der Waals surface area contributed by atoms with Crippen molar-refractivity contribution < 1.29 is 10.2 Å². The Kier molecular flexibility index (Phi) is 3.00. The first-order valence-corrected chi connectivity index (χ1v) is 3.76. The van der Waals surface area contributed by atoms with Crippen molar-refractivity contribution in [2.75, 3.05) is 6.54 Å². The van der Waals surface area contributed by atoms with E-state index in [0.717, 1.165) is 5.56 Å². The smallest absolute Gasteiger partial charge is 0.157 e. The average Bonchev–Trinajstić information content (AvgIpc) is 2.12. The molecule has 68 valence electrons. The standard InChI is InChI=1S/C8H9N3O2/c9-11-10-4-3-6-1-2-7(12)8(13)5-6/h1-2,5,12-13H,3-4H2. The molecule has 0 fully saturated rings. The molecule has 0 atom stereocenters. The normalized spacial score (nSPS) is 9.23. The van der Waals surface area contributed by atoms with Gasteiger partial charge in [-0.25, -0.2) is 0 Å². The fraction of sp³-hybridized carbons (Fsp3) is 0.250. The zero-order valence-corrected chi connectivity index (χ0v) is 6.88. The van der Waals surface area contributed by atoms with Gasteiger partial charge in [-0.1, -0.05) is 11.2 Å². The van der Waals surface area contributed by atoms with Crippen LogP contribution < -0.4 is 0 Å². The van der Waals surface area contributed by atoms with Crippen molar-refractivity contribution in [1.29, 1.82) is 0 Å². The molecule has 0 aliphatic heterocycles. The van der Waals surface area contributed by atoms with Gasteiger partial charge in [0.1, 0.15) is 0 Å². The van der Waals surface area contributed by atoms with Crippen LogP contribution in [0.15, 0.2) is 23.3 Å². The lowest BCUT2D eigenvalue weighted by Crippen LogP contribution is -1.87. The topological polar surface area (TPSA) is 89.2 Å². The van der Waals surface area contributed by atoms with E-state index >= 15 is 0 Å². The third-order valence-corrected chi connectivity index (χ3v) is 1.60. The summed E-state index contributed by atoms with van der Waals surface area (Å²) < 4.78 is 0. The SMILES string of the molecule is [N-]=[N+]=NCCc1ccc(O)c(O)c1. The maximum absolute atomic E-state index is 9.10. The quantitative estimate of drug-likeness (QED) is 0.321. The molecule has 0 saturated heterocycles. The Hall–Kier alpha value is -1.87. The van der Waals surface area contributed by atoms with Crippen LogP contribution in [0.4, 0.5) is 0 Å². The third-order valence-electron chi connectivity index (χ3n) is 1.60. The maximum atomic E-state index is 9.10. The highest BCUT2D eigenvalue weighted by atomic mass is 16.3. The van der Waals surface area contributed by atoms with Gasteiger partial charge in [0.05, 0.1) is 0 Å². The molecule has 0 amide bonds. The monoisotopic (exact) mass is 179 g/mol. The number of phenolic OH excluding ortho intramolecular Hbond substituents is 2. The molecule has 0 saturated carbocycles. The van der Waals surface area contributed by atoms with Crippen molar-refractivity contribution >= 4 is 0 Å². The van der Waals surface area contributed by atoms with Gasteiger partial charge < -0.3 is 10.2 Å². The number of phenols is 2. The van der Waals surface area contributed by atoms with Crippen LogP contribution in [0.1, 0.15) is 5.56 Å². The van der Waals surface area contributed by atoms with Crippen LogP contribution in [0.5, 0.6) is 11.5 Å². The van der Waals surface area contributed by atoms with Crippen LogP contribution in [-0.4, -0.2) is 16.8 Å². The third kappa shape index (κ3) is 2.57. The highest BCUT2D eigenvalue weighted by molar-refractivity contribution is 5.40. The minimum Gasteiger partial charge on any atom is -0.504 e. The Morgan fingerprint density at radius 1 is 1.31 bits per heavy atom. The van der Waals surface area contributed by atoms with E-state index in [-0.39, 0.29) is 11.5 Å². The fourth-order valence-electron chi connectivity index (χ4n) is 0.948. The number of nitrogens with zero attached hydrogens (tertiary/aromatic N) is 3. The van der Waals surface area contributed by atoms with Gasteiger partial charge in [-0.3, -0.25) is 0 Å². The maximum Gasteiger partial charge on any atom is 0.157 e. The van der Waals surface area contributed by atoms with Gasteiger partial charge in [0, 0.05) is 11.5 Å². The summed E-state index contributed by atoms with van der Waals surface area (Å²) in [5, 5.41) is 21.4. The molecular weight excluding hydrogens is 170 g/mol. The van der Waals surface area contributed by atoms with E-state index in [1.807, 2.05) is 0 Å². The van der Waals surface area contributed by atoms with Crippen LogP contribution in [0.2, 0.25) is 0 Å². The predicted molar refractivity (Wildman–Crippen MR) is 47.5 cm³/mol. The molecule has 0 unspecified atom stereocenters. The summed E-state index contributed by atoms with van der Waals surface area (Å²) in [6, 6.07) is 4.52. The van der Waals surface area contributed by atoms with Gasteiger partial charge in [-0.15, -0.1) is 0 Å². The molecule has 0 heterocycles. The molecular formula is C8H9N3O2. The lowest BCUT2D eigenvalue weighted by molar-refractivity contribution is 0.403. The van der Waals surface area contributed by atoms with E-state index < -0.39 is 0 Å². The van der Waals surface area contributed by atoms with Crippen molar-refractivity contribution in [3.63, 3.8) is 0 Å². The van der Waals surface area contributed by atoms with E-state index in [4.69, 9.17) is 15.7 Å². The number of aromatic hydroxyl groups is 2. The van der Waals surface area contributed by atoms with E-state index in [2.05, 4.69) is 10.0 Å². The Morgan fingerprint density at radius 3 is 2.69 bits per heavy atom. The lowest BCUT2D eigenvalue weighted by atomic mass is 10.1. The van der Waals surface area contributed by atoms with Crippen LogP contribution in [0, 0.1) is 0 Å². The van der Waals surface area contributed by atoms with E-state index in [1.165, 1.54) is 12.1 Å². The van der Waals surface area contributed by atoms with Crippen molar-refractivity contribution in [1.82, 2.24) is 0 Å². The largest absolute Gasteiger partial charge is 0.504 e. The highest BCUT2D eigenvalue weighted by Gasteiger charge is 1.99. The van der Waals surface area contributed by atoms with E-state index in [1.54, 1.807) is 6.07 Å². The molecule has 5 heteroatoms. The zero-order chi connectivity index (χ0) is 9.68. The minimum atomic E-state index is -0.154. The molecule has 0 aliphatic carbocycles. The first-order chi connectivity index (χ1) is 6.24. The summed E-state index contributed by atoms with van der Waals surface area (Å²) in [5.74, 6) is -0.300. The van der Waals surface area contributed by atoms with Gasteiger partial charge in [0.15, 0.2) is 11.5 Å². The molecule has 0 aromatic heterocycles. The molecule has 0 bridgehead atoms. The van der Waals surface area contributed by atoms with Gasteiger partial charge in [-0.05, 0) is 29.6 Å². The van der Waals surface area contributed by atoms with E-state index in [0.29, 0.717) is 13.0 Å². The van der Waals surface area contributed by atoms with Crippen molar-refractivity contribution in [3.8, 4) is 11.5 Å². The van der Waals surface area contributed by atoms with Crippen molar-refractivity contribution in [3.05, 3.63) is 34.2 Å². The Labute approximate surface area is 74.9 Å². The molecule has 13 heavy (non-hydrogen) atoms. The van der Waals surface area contributed by atoms with Gasteiger partial charge in [0.25, 0.3) is 0 Å². The molecule has 0 aliphatic rings. The van der Waals surface area contributed by atoms with Crippen molar-refractivity contribution in [2.45, 2.75) is 6.42 Å². The summed E-state index contributed by atoms with van der Waals surface area (Å²) in [5.41, 5.74) is 8.83. The summed E-state index contributed by atoms with van der Waals surface area (Å²) >= 11 is 0. The molecule has 1 rings (SSSR count). The number of hydrogen-bond donors (Lipinski definition) is 2. The number of hydrogen-bond acceptors (Lipinski definition) is 3. The summed E-state index contributed by atoms with van der Waals surface area (Å²) in [6.45, 7) is 0.348. The summed E-state index contributed by atoms with van der Waals surface area (Å²) in [6.07, 6.45) is 0.553. The highest BCUT2D eigenvalue weighted by Crippen LogP contribution is 2.24. The number of rotatable bonds is 3. The van der Waals surface area contributed by atoms with Crippen molar-refractivity contribution in [2.24, 2.45) is 5.11 Å². The molecule has 2 N–H and O–H groups in total. The summed E-state index contributed by atoms with van der Waals surface area (Å²) in [7, 11) is 0. The van der Waals surface area contributed by atoms with Crippen LogP contribution in [-0.2, 0) is 6.42 Å². The van der Waals surface area contributed by atoms with Gasteiger partial charge in [0.2, 0.25) is 0 Å². The number of benzene rings is 1. The second-order valence-electron chi connectivity index (χ2n) is 2.53. The second-order valence-corrected chi connectivity index (χ2v) is 2.53. The predicted octanol–water partition coefficient (Wildman–Crippen LogP) is 1.95. The Bertz CT molecular complexity index is 345. The first-order valence-electron chi connectivity index (χ1n) is 3.76. The Balaban J connectivity index is 2.68. The van der Waals surface area contributed by atoms with Crippen LogP contribution in [0.25, 0.3) is 10.4 Å².